The van der Waals surface area contributed by atoms with Crippen LogP contribution in [-0.2, 0) is 14.8 Å². The lowest BCUT2D eigenvalue weighted by molar-refractivity contribution is 0.102. The molecule has 0 aliphatic carbocycles. The molecule has 2 aromatic rings. The predicted octanol–water partition coefficient (Wildman–Crippen LogP) is 3.04. The first-order chi connectivity index (χ1) is 12.2. The Morgan fingerprint density at radius 2 is 1.96 bits per heavy atom. The first kappa shape index (κ1) is 20.3. The Labute approximate surface area is 156 Å². The molecule has 0 radical (unpaired) electrons. The van der Waals surface area contributed by atoms with Gasteiger partial charge in [0.15, 0.2) is 0 Å². The summed E-state index contributed by atoms with van der Waals surface area (Å²) in [4.78, 5) is 11.9. The van der Waals surface area contributed by atoms with Gasteiger partial charge in [0.25, 0.3) is 5.91 Å². The topological polar surface area (TPSA) is 84.5 Å². The van der Waals surface area contributed by atoms with E-state index >= 15 is 0 Å². The molecule has 0 heterocycles. The Morgan fingerprint density at radius 3 is 2.58 bits per heavy atom. The molecule has 0 bridgehead atoms. The molecule has 0 aliphatic rings. The number of ether oxygens (including phenoxy) is 1. The smallest absolute Gasteiger partial charge is 0.257 e. The molecule has 9 heteroatoms. The number of carbonyl (C=O) groups excluding carboxylic acids is 1. The van der Waals surface area contributed by atoms with Gasteiger partial charge in [0, 0.05) is 13.2 Å². The third-order valence-electron chi connectivity index (χ3n) is 3.39. The molecule has 6 nitrogen and oxygen atoms in total. The largest absolute Gasteiger partial charge is 0.383 e. The van der Waals surface area contributed by atoms with Gasteiger partial charge in [0.1, 0.15) is 5.82 Å². The van der Waals surface area contributed by atoms with E-state index in [9.17, 15) is 17.6 Å². The number of rotatable bonds is 7. The third-order valence-corrected chi connectivity index (χ3v) is 5.31. The van der Waals surface area contributed by atoms with E-state index in [1.807, 2.05) is 0 Å². The third kappa shape index (κ3) is 5.01. The Balaban J connectivity index is 2.19. The second kappa shape index (κ2) is 8.59. The highest BCUT2D eigenvalue weighted by atomic mass is 35.5. The zero-order valence-corrected chi connectivity index (χ0v) is 15.7. The molecular weight excluding hydrogens is 383 g/mol. The molecule has 1 amide bonds. The van der Waals surface area contributed by atoms with Crippen molar-refractivity contribution >= 4 is 33.2 Å². The van der Waals surface area contributed by atoms with E-state index in [1.54, 1.807) is 19.1 Å². The summed E-state index contributed by atoms with van der Waals surface area (Å²) in [7, 11) is -2.47. The standard InChI is InChI=1S/C17H18ClFN2O4S/c1-11(10-25-2)21-26(23,24)12-7-8-16(15(19)9-12)20-17(22)13-5-3-4-6-14(13)18/h3-9,11,21H,10H2,1-2H3,(H,20,22). The molecule has 2 N–H and O–H groups in total. The summed E-state index contributed by atoms with van der Waals surface area (Å²) in [6.45, 7) is 1.79. The molecule has 1 unspecified atom stereocenters. The van der Waals surface area contributed by atoms with Gasteiger partial charge < -0.3 is 10.1 Å². The molecule has 0 saturated heterocycles. The van der Waals surface area contributed by atoms with Crippen molar-refractivity contribution in [3.63, 3.8) is 0 Å². The van der Waals surface area contributed by atoms with Crippen LogP contribution in [-0.4, -0.2) is 34.1 Å². The molecule has 1 atom stereocenters. The fourth-order valence-corrected chi connectivity index (χ4v) is 3.68. The Hall–Kier alpha value is -2.00. The number of hydrogen-bond donors (Lipinski definition) is 2. The van der Waals surface area contributed by atoms with E-state index in [2.05, 4.69) is 10.0 Å². The summed E-state index contributed by atoms with van der Waals surface area (Å²) in [6, 6.07) is 9.06. The zero-order chi connectivity index (χ0) is 19.3. The molecule has 140 valence electrons. The second-order valence-electron chi connectivity index (χ2n) is 5.55. The lowest BCUT2D eigenvalue weighted by Gasteiger charge is -2.14. The van der Waals surface area contributed by atoms with Gasteiger partial charge in [-0.15, -0.1) is 0 Å². The molecule has 26 heavy (non-hydrogen) atoms. The average molecular weight is 401 g/mol. The van der Waals surface area contributed by atoms with Crippen LogP contribution < -0.4 is 10.0 Å². The van der Waals surface area contributed by atoms with Crippen molar-refractivity contribution in [2.45, 2.75) is 17.9 Å². The highest BCUT2D eigenvalue weighted by molar-refractivity contribution is 7.89. The first-order valence-electron chi connectivity index (χ1n) is 7.61. The van der Waals surface area contributed by atoms with Crippen LogP contribution in [0.1, 0.15) is 17.3 Å². The van der Waals surface area contributed by atoms with Crippen molar-refractivity contribution in [3.8, 4) is 0 Å². The molecule has 0 aliphatic heterocycles. The summed E-state index contributed by atoms with van der Waals surface area (Å²) in [5.41, 5.74) is 0.0270. The highest BCUT2D eigenvalue weighted by Gasteiger charge is 2.20. The van der Waals surface area contributed by atoms with Crippen LogP contribution in [0.4, 0.5) is 10.1 Å². The summed E-state index contributed by atoms with van der Waals surface area (Å²) >= 11 is 5.93. The van der Waals surface area contributed by atoms with Crippen molar-refractivity contribution in [2.24, 2.45) is 0 Å². The zero-order valence-electron chi connectivity index (χ0n) is 14.1. The highest BCUT2D eigenvalue weighted by Crippen LogP contribution is 2.22. The second-order valence-corrected chi connectivity index (χ2v) is 7.67. The van der Waals surface area contributed by atoms with Gasteiger partial charge in [0.05, 0.1) is 27.8 Å². The van der Waals surface area contributed by atoms with Crippen LogP contribution in [0.5, 0.6) is 0 Å². The fourth-order valence-electron chi connectivity index (χ4n) is 2.22. The summed E-state index contributed by atoms with van der Waals surface area (Å²) in [5, 5.41) is 2.60. The number of nitrogens with one attached hydrogen (secondary N) is 2. The fraction of sp³-hybridized carbons (Fsp3) is 0.235. The maximum atomic E-state index is 14.3. The number of benzene rings is 2. The van der Waals surface area contributed by atoms with Crippen LogP contribution in [0.25, 0.3) is 0 Å². The van der Waals surface area contributed by atoms with Crippen molar-refractivity contribution in [1.82, 2.24) is 4.72 Å². The van der Waals surface area contributed by atoms with Gasteiger partial charge in [-0.25, -0.2) is 17.5 Å². The quantitative estimate of drug-likeness (QED) is 0.748. The van der Waals surface area contributed by atoms with E-state index in [1.165, 1.54) is 31.4 Å². The van der Waals surface area contributed by atoms with E-state index in [0.717, 1.165) is 6.07 Å². The Morgan fingerprint density at radius 1 is 1.27 bits per heavy atom. The van der Waals surface area contributed by atoms with Gasteiger partial charge in [-0.1, -0.05) is 23.7 Å². The van der Waals surface area contributed by atoms with E-state index in [4.69, 9.17) is 16.3 Å². The van der Waals surface area contributed by atoms with Crippen LogP contribution in [0, 0.1) is 5.82 Å². The van der Waals surface area contributed by atoms with Gasteiger partial charge in [-0.2, -0.15) is 0 Å². The summed E-state index contributed by atoms with van der Waals surface area (Å²) in [6.07, 6.45) is 0. The number of anilines is 1. The molecule has 0 fully saturated rings. The SMILES string of the molecule is COCC(C)NS(=O)(=O)c1ccc(NC(=O)c2ccccc2Cl)c(F)c1. The number of sulfonamides is 1. The minimum atomic E-state index is -3.91. The number of carbonyl (C=O) groups is 1. The maximum Gasteiger partial charge on any atom is 0.257 e. The van der Waals surface area contributed by atoms with E-state index < -0.39 is 27.8 Å². The summed E-state index contributed by atoms with van der Waals surface area (Å²) in [5.74, 6) is -1.48. The molecule has 0 aromatic heterocycles. The van der Waals surface area contributed by atoms with Crippen molar-refractivity contribution in [1.29, 1.82) is 0 Å². The predicted molar refractivity (Wildman–Crippen MR) is 97.5 cm³/mol. The van der Waals surface area contributed by atoms with Gasteiger partial charge in [0.2, 0.25) is 10.0 Å². The number of methoxy groups -OCH3 is 1. The first-order valence-corrected chi connectivity index (χ1v) is 9.47. The molecular formula is C17H18ClFN2O4S. The summed E-state index contributed by atoms with van der Waals surface area (Å²) < 4.78 is 46.0. The van der Waals surface area contributed by atoms with Crippen molar-refractivity contribution < 1.29 is 22.3 Å². The van der Waals surface area contributed by atoms with E-state index in [0.29, 0.717) is 0 Å². The van der Waals surface area contributed by atoms with Crippen LogP contribution in [0.15, 0.2) is 47.4 Å². The Bertz CT molecular complexity index is 905. The van der Waals surface area contributed by atoms with Crippen LogP contribution in [0.3, 0.4) is 0 Å². The average Bonchev–Trinajstić information content (AvgIpc) is 2.56. The minimum absolute atomic E-state index is 0.154. The number of hydrogen-bond acceptors (Lipinski definition) is 4. The van der Waals surface area contributed by atoms with Gasteiger partial charge in [-0.3, -0.25) is 4.79 Å². The molecule has 2 aromatic carbocycles. The van der Waals surface area contributed by atoms with Gasteiger partial charge in [-0.05, 0) is 37.3 Å². The lowest BCUT2D eigenvalue weighted by atomic mass is 10.2. The molecule has 0 spiro atoms. The van der Waals surface area contributed by atoms with Gasteiger partial charge >= 0.3 is 0 Å². The lowest BCUT2D eigenvalue weighted by Crippen LogP contribution is -2.35. The van der Waals surface area contributed by atoms with Crippen molar-refractivity contribution in [2.75, 3.05) is 19.0 Å². The van der Waals surface area contributed by atoms with Crippen LogP contribution in [0.2, 0.25) is 5.02 Å². The normalized spacial score (nSPS) is 12.6. The van der Waals surface area contributed by atoms with E-state index in [-0.39, 0.29) is 27.8 Å². The maximum absolute atomic E-state index is 14.3. The Kier molecular flexibility index (Phi) is 6.71. The minimum Gasteiger partial charge on any atom is -0.383 e. The van der Waals surface area contributed by atoms with Crippen LogP contribution >= 0.6 is 11.6 Å². The molecule has 2 rings (SSSR count). The molecule has 0 saturated carbocycles. The monoisotopic (exact) mass is 400 g/mol. The number of halogens is 2. The number of amides is 1. The van der Waals surface area contributed by atoms with Crippen molar-refractivity contribution in [3.05, 3.63) is 58.9 Å².